The topological polar surface area (TPSA) is 83.5 Å². The number of carbonyl (C=O) groups excluding carboxylic acids is 1. The van der Waals surface area contributed by atoms with Gasteiger partial charge in [-0.25, -0.2) is 13.3 Å². The zero-order chi connectivity index (χ0) is 11.7. The van der Waals surface area contributed by atoms with Gasteiger partial charge in [-0.3, -0.25) is 4.79 Å². The van der Waals surface area contributed by atoms with Crippen LogP contribution in [0, 0.1) is 0 Å². The number of rotatable bonds is 3. The predicted molar refractivity (Wildman–Crippen MR) is 56.3 cm³/mol. The van der Waals surface area contributed by atoms with Gasteiger partial charge in [-0.15, -0.1) is 0 Å². The van der Waals surface area contributed by atoms with E-state index in [9.17, 15) is 18.3 Å². The van der Waals surface area contributed by atoms with Gasteiger partial charge in [0.2, 0.25) is 0 Å². The molecule has 1 saturated carbocycles. The Hall–Kier alpha value is -0.170. The van der Waals surface area contributed by atoms with Crippen LogP contribution in [-0.2, 0) is 14.6 Å². The SMILES string of the molecule is CS(=O)(=O)[C@H]1CC[C@](O)(CNCl)C(=O)C1. The Morgan fingerprint density at radius 3 is 2.67 bits per heavy atom. The van der Waals surface area contributed by atoms with Crippen LogP contribution in [0.2, 0.25) is 0 Å². The lowest BCUT2D eigenvalue weighted by molar-refractivity contribution is -0.139. The molecule has 0 aromatic heterocycles. The third-order valence-electron chi connectivity index (χ3n) is 2.78. The van der Waals surface area contributed by atoms with Crippen LogP contribution >= 0.6 is 11.8 Å². The predicted octanol–water partition coefficient (Wildman–Crippen LogP) is -0.373. The Balaban J connectivity index is 2.75. The first-order valence-corrected chi connectivity index (χ1v) is 6.91. The Bertz CT molecular complexity index is 356. The van der Waals surface area contributed by atoms with E-state index in [0.717, 1.165) is 6.26 Å². The van der Waals surface area contributed by atoms with Gasteiger partial charge >= 0.3 is 0 Å². The molecule has 0 heterocycles. The molecular weight excluding hydrogens is 242 g/mol. The zero-order valence-electron chi connectivity index (χ0n) is 8.36. The molecule has 0 aromatic carbocycles. The zero-order valence-corrected chi connectivity index (χ0v) is 9.94. The second kappa shape index (κ2) is 4.37. The minimum Gasteiger partial charge on any atom is -0.381 e. The van der Waals surface area contributed by atoms with Gasteiger partial charge in [0, 0.05) is 19.2 Å². The lowest BCUT2D eigenvalue weighted by atomic mass is 9.83. The molecule has 1 aliphatic rings. The molecule has 1 aliphatic carbocycles. The van der Waals surface area contributed by atoms with Crippen LogP contribution in [0.1, 0.15) is 19.3 Å². The molecule has 0 aromatic rings. The number of ketones is 1. The highest BCUT2D eigenvalue weighted by Gasteiger charge is 2.43. The number of carbonyl (C=O) groups is 1. The molecule has 0 spiro atoms. The summed E-state index contributed by atoms with van der Waals surface area (Å²) >= 11 is 5.24. The molecular formula is C8H14ClNO4S. The van der Waals surface area contributed by atoms with Crippen LogP contribution in [-0.4, -0.2) is 43.0 Å². The average Bonchev–Trinajstić information content (AvgIpc) is 2.08. The molecule has 88 valence electrons. The molecule has 15 heavy (non-hydrogen) atoms. The van der Waals surface area contributed by atoms with E-state index >= 15 is 0 Å². The van der Waals surface area contributed by atoms with Gasteiger partial charge in [0.1, 0.15) is 5.60 Å². The van der Waals surface area contributed by atoms with Crippen molar-refractivity contribution in [3.63, 3.8) is 0 Å². The summed E-state index contributed by atoms with van der Waals surface area (Å²) in [6.45, 7) is -0.0517. The summed E-state index contributed by atoms with van der Waals surface area (Å²) in [5.74, 6) is -0.461. The smallest absolute Gasteiger partial charge is 0.166 e. The summed E-state index contributed by atoms with van der Waals surface area (Å²) in [6.07, 6.45) is 1.39. The van der Waals surface area contributed by atoms with Crippen molar-refractivity contribution in [1.82, 2.24) is 4.84 Å². The van der Waals surface area contributed by atoms with Gasteiger partial charge in [-0.1, -0.05) is 0 Å². The standard InChI is InChI=1S/C8H14ClNO4S/c1-15(13,14)6-2-3-8(12,5-10-9)7(11)4-6/h6,10,12H,2-5H2,1H3/t6-,8-/m0/s1. The molecule has 0 saturated heterocycles. The van der Waals surface area contributed by atoms with Gasteiger partial charge in [0.15, 0.2) is 15.6 Å². The van der Waals surface area contributed by atoms with E-state index in [1.807, 2.05) is 0 Å². The summed E-state index contributed by atoms with van der Waals surface area (Å²) in [6, 6.07) is 0. The fraction of sp³-hybridized carbons (Fsp3) is 0.875. The molecule has 2 N–H and O–H groups in total. The third kappa shape index (κ3) is 2.90. The Morgan fingerprint density at radius 1 is 1.67 bits per heavy atom. The largest absolute Gasteiger partial charge is 0.381 e. The van der Waals surface area contributed by atoms with E-state index in [1.165, 1.54) is 0 Å². The van der Waals surface area contributed by atoms with Crippen LogP contribution in [0.4, 0.5) is 0 Å². The number of aliphatic hydroxyl groups is 1. The molecule has 0 aliphatic heterocycles. The van der Waals surface area contributed by atoms with Gasteiger partial charge in [0.25, 0.3) is 0 Å². The van der Waals surface area contributed by atoms with Crippen molar-refractivity contribution in [3.05, 3.63) is 0 Å². The lowest BCUT2D eigenvalue weighted by Gasteiger charge is -2.33. The van der Waals surface area contributed by atoms with Crippen LogP contribution in [0.15, 0.2) is 0 Å². The molecule has 1 fully saturated rings. The summed E-state index contributed by atoms with van der Waals surface area (Å²) in [5.41, 5.74) is -1.51. The van der Waals surface area contributed by atoms with Crippen LogP contribution < -0.4 is 4.84 Å². The number of hydrogen-bond acceptors (Lipinski definition) is 5. The van der Waals surface area contributed by atoms with Crippen LogP contribution in [0.25, 0.3) is 0 Å². The van der Waals surface area contributed by atoms with E-state index in [4.69, 9.17) is 11.8 Å². The van der Waals surface area contributed by atoms with Crippen molar-refractivity contribution >= 4 is 27.4 Å². The molecule has 7 heteroatoms. The van der Waals surface area contributed by atoms with E-state index in [1.54, 1.807) is 0 Å². The first kappa shape index (κ1) is 12.9. The van der Waals surface area contributed by atoms with Crippen molar-refractivity contribution in [1.29, 1.82) is 0 Å². The Kier molecular flexibility index (Phi) is 3.76. The van der Waals surface area contributed by atoms with Crippen molar-refractivity contribution in [2.45, 2.75) is 30.1 Å². The first-order valence-electron chi connectivity index (χ1n) is 4.57. The molecule has 2 atom stereocenters. The number of sulfone groups is 1. The quantitative estimate of drug-likeness (QED) is 0.672. The van der Waals surface area contributed by atoms with Crippen molar-refractivity contribution < 1.29 is 18.3 Å². The van der Waals surface area contributed by atoms with Gasteiger partial charge in [-0.05, 0) is 24.6 Å². The molecule has 0 amide bonds. The van der Waals surface area contributed by atoms with E-state index in [2.05, 4.69) is 4.84 Å². The highest BCUT2D eigenvalue weighted by molar-refractivity contribution is 7.91. The van der Waals surface area contributed by atoms with Crippen molar-refractivity contribution in [2.24, 2.45) is 0 Å². The van der Waals surface area contributed by atoms with Gasteiger partial charge in [-0.2, -0.15) is 0 Å². The Labute approximate surface area is 93.8 Å². The second-order valence-electron chi connectivity index (χ2n) is 3.96. The normalized spacial score (nSPS) is 33.0. The maximum Gasteiger partial charge on any atom is 0.166 e. The Morgan fingerprint density at radius 2 is 2.27 bits per heavy atom. The number of Topliss-reactive ketones (excluding diaryl/α,β-unsaturated/α-hetero) is 1. The highest BCUT2D eigenvalue weighted by atomic mass is 35.5. The monoisotopic (exact) mass is 255 g/mol. The molecule has 1 rings (SSSR count). The molecule has 0 bridgehead atoms. The van der Waals surface area contributed by atoms with Gasteiger partial charge < -0.3 is 5.11 Å². The van der Waals surface area contributed by atoms with Crippen LogP contribution in [0.3, 0.4) is 0 Å². The maximum absolute atomic E-state index is 11.5. The van der Waals surface area contributed by atoms with Gasteiger partial charge in [0.05, 0.1) is 5.25 Å². The summed E-state index contributed by atoms with van der Waals surface area (Å²) in [7, 11) is -3.21. The average molecular weight is 256 g/mol. The number of hydrogen-bond donors (Lipinski definition) is 2. The molecule has 0 radical (unpaired) electrons. The minimum atomic E-state index is -3.21. The first-order chi connectivity index (χ1) is 6.79. The highest BCUT2D eigenvalue weighted by Crippen LogP contribution is 2.28. The van der Waals surface area contributed by atoms with E-state index < -0.39 is 26.5 Å². The number of halogens is 1. The summed E-state index contributed by atoms with van der Waals surface area (Å²) < 4.78 is 22.5. The minimum absolute atomic E-state index is 0.0517. The van der Waals surface area contributed by atoms with Crippen LogP contribution in [0.5, 0.6) is 0 Å². The lowest BCUT2D eigenvalue weighted by Crippen LogP contribution is -2.51. The van der Waals surface area contributed by atoms with E-state index in [-0.39, 0.29) is 19.4 Å². The fourth-order valence-electron chi connectivity index (χ4n) is 1.70. The van der Waals surface area contributed by atoms with Crippen molar-refractivity contribution in [3.8, 4) is 0 Å². The third-order valence-corrected chi connectivity index (χ3v) is 4.52. The summed E-state index contributed by atoms with van der Waals surface area (Å²) in [4.78, 5) is 13.8. The molecule has 5 nitrogen and oxygen atoms in total. The summed E-state index contributed by atoms with van der Waals surface area (Å²) in [5, 5.41) is 9.17. The fourth-order valence-corrected chi connectivity index (χ4v) is 2.92. The van der Waals surface area contributed by atoms with Crippen molar-refractivity contribution in [2.75, 3.05) is 12.8 Å². The maximum atomic E-state index is 11.5. The second-order valence-corrected chi connectivity index (χ2v) is 6.55. The number of nitrogens with one attached hydrogen (secondary N) is 1. The van der Waals surface area contributed by atoms with E-state index in [0.29, 0.717) is 6.42 Å². The molecule has 0 unspecified atom stereocenters.